The Morgan fingerprint density at radius 3 is 1.76 bits per heavy atom. The fraction of sp³-hybridized carbons (Fsp3) is 0. The van der Waals surface area contributed by atoms with Gasteiger partial charge in [0, 0.05) is 27.8 Å². The van der Waals surface area contributed by atoms with Gasteiger partial charge in [0.1, 0.15) is 11.2 Å². The predicted molar refractivity (Wildman–Crippen MR) is 194 cm³/mol. The summed E-state index contributed by atoms with van der Waals surface area (Å²) in [7, 11) is 0. The summed E-state index contributed by atoms with van der Waals surface area (Å²) in [5, 5.41) is 7.12. The molecule has 46 heavy (non-hydrogen) atoms. The zero-order valence-corrected chi connectivity index (χ0v) is 25.1. The largest absolute Gasteiger partial charge is 0.456 e. The molecule has 0 atom stereocenters. The van der Waals surface area contributed by atoms with E-state index in [0.717, 1.165) is 44.4 Å². The second kappa shape index (κ2) is 10.8. The standard InChI is InChI=1S/C44H29NO/c1-2-9-30(10-3-1)31-17-22-36(23-18-31)45(37-24-19-33(20-25-37)40-15-8-12-32-11-4-5-13-39(32)40)38-26-21-34-29-44-42(28-35(34)27-38)41-14-6-7-16-43(41)46-44/h1-29H. The summed E-state index contributed by atoms with van der Waals surface area (Å²) in [6, 6.07) is 62.9. The highest BCUT2D eigenvalue weighted by Crippen LogP contribution is 2.40. The summed E-state index contributed by atoms with van der Waals surface area (Å²) in [6.07, 6.45) is 0. The van der Waals surface area contributed by atoms with Gasteiger partial charge in [-0.05, 0) is 98.4 Å². The molecule has 0 radical (unpaired) electrons. The van der Waals surface area contributed by atoms with Crippen LogP contribution in [0.4, 0.5) is 17.1 Å². The van der Waals surface area contributed by atoms with E-state index < -0.39 is 0 Å². The second-order valence-corrected chi connectivity index (χ2v) is 11.8. The molecule has 0 bridgehead atoms. The summed E-state index contributed by atoms with van der Waals surface area (Å²) >= 11 is 0. The average Bonchev–Trinajstić information content (AvgIpc) is 3.49. The molecule has 0 unspecified atom stereocenters. The van der Waals surface area contributed by atoms with Crippen molar-refractivity contribution >= 4 is 60.5 Å². The van der Waals surface area contributed by atoms with Gasteiger partial charge >= 0.3 is 0 Å². The lowest BCUT2D eigenvalue weighted by molar-refractivity contribution is 0.669. The summed E-state index contributed by atoms with van der Waals surface area (Å²) in [6.45, 7) is 0. The van der Waals surface area contributed by atoms with Gasteiger partial charge in [-0.1, -0.05) is 121 Å². The SMILES string of the molecule is c1ccc(-c2ccc(N(c3ccc(-c4cccc5ccccc45)cc3)c3ccc4cc5oc6ccccc6c5cc4c3)cc2)cc1. The molecule has 0 N–H and O–H groups in total. The molecular formula is C44H29NO. The molecule has 0 aliphatic heterocycles. The van der Waals surface area contributed by atoms with Gasteiger partial charge in [-0.25, -0.2) is 0 Å². The van der Waals surface area contributed by atoms with Crippen LogP contribution in [0, 0.1) is 0 Å². The van der Waals surface area contributed by atoms with Gasteiger partial charge in [0.15, 0.2) is 0 Å². The summed E-state index contributed by atoms with van der Waals surface area (Å²) in [4.78, 5) is 2.35. The molecular weight excluding hydrogens is 558 g/mol. The zero-order valence-electron chi connectivity index (χ0n) is 25.1. The molecule has 1 heterocycles. The summed E-state index contributed by atoms with van der Waals surface area (Å²) in [5.74, 6) is 0. The fourth-order valence-corrected chi connectivity index (χ4v) is 6.74. The first kappa shape index (κ1) is 26.3. The molecule has 0 amide bonds. The third-order valence-electron chi connectivity index (χ3n) is 9.04. The van der Waals surface area contributed by atoms with Crippen molar-refractivity contribution in [3.8, 4) is 22.3 Å². The normalized spacial score (nSPS) is 11.5. The van der Waals surface area contributed by atoms with Crippen LogP contribution in [0.25, 0.3) is 65.7 Å². The van der Waals surface area contributed by atoms with Gasteiger partial charge in [-0.3, -0.25) is 0 Å². The Morgan fingerprint density at radius 2 is 0.957 bits per heavy atom. The smallest absolute Gasteiger partial charge is 0.136 e. The van der Waals surface area contributed by atoms with Crippen LogP contribution in [0.5, 0.6) is 0 Å². The molecule has 2 nitrogen and oxygen atoms in total. The maximum atomic E-state index is 6.19. The highest BCUT2D eigenvalue weighted by atomic mass is 16.3. The minimum atomic E-state index is 0.916. The van der Waals surface area contributed by atoms with Crippen molar-refractivity contribution < 1.29 is 4.42 Å². The first-order chi connectivity index (χ1) is 22.8. The number of nitrogens with zero attached hydrogens (tertiary/aromatic N) is 1. The lowest BCUT2D eigenvalue weighted by Crippen LogP contribution is -2.09. The Morgan fingerprint density at radius 1 is 0.326 bits per heavy atom. The zero-order chi connectivity index (χ0) is 30.5. The van der Waals surface area contributed by atoms with Gasteiger partial charge in [0.25, 0.3) is 0 Å². The molecule has 0 saturated carbocycles. The molecule has 0 saturated heterocycles. The maximum absolute atomic E-state index is 6.19. The van der Waals surface area contributed by atoms with Crippen LogP contribution in [0.2, 0.25) is 0 Å². The van der Waals surface area contributed by atoms with Gasteiger partial charge in [-0.15, -0.1) is 0 Å². The minimum Gasteiger partial charge on any atom is -0.456 e. The Balaban J connectivity index is 1.18. The van der Waals surface area contributed by atoms with E-state index in [9.17, 15) is 0 Å². The van der Waals surface area contributed by atoms with E-state index in [1.807, 2.05) is 12.1 Å². The fourth-order valence-electron chi connectivity index (χ4n) is 6.74. The van der Waals surface area contributed by atoms with E-state index in [4.69, 9.17) is 4.42 Å². The number of para-hydroxylation sites is 1. The lowest BCUT2D eigenvalue weighted by atomic mass is 9.98. The predicted octanol–water partition coefficient (Wildman–Crippen LogP) is 12.7. The van der Waals surface area contributed by atoms with Crippen LogP contribution < -0.4 is 4.90 Å². The maximum Gasteiger partial charge on any atom is 0.136 e. The first-order valence-electron chi connectivity index (χ1n) is 15.7. The van der Waals surface area contributed by atoms with Crippen LogP contribution in [0.1, 0.15) is 0 Å². The Hall–Kier alpha value is -6.12. The first-order valence-corrected chi connectivity index (χ1v) is 15.7. The molecule has 0 spiro atoms. The van der Waals surface area contributed by atoms with Crippen molar-refractivity contribution in [2.24, 2.45) is 0 Å². The van der Waals surface area contributed by atoms with Crippen molar-refractivity contribution in [2.75, 3.05) is 4.90 Å². The number of fused-ring (bicyclic) bond motifs is 5. The molecule has 0 fully saturated rings. The highest BCUT2D eigenvalue weighted by Gasteiger charge is 2.16. The number of hydrogen-bond donors (Lipinski definition) is 0. The Labute approximate surface area is 267 Å². The van der Waals surface area contributed by atoms with Gasteiger partial charge in [0.2, 0.25) is 0 Å². The van der Waals surface area contributed by atoms with Crippen molar-refractivity contribution in [3.05, 3.63) is 176 Å². The van der Waals surface area contributed by atoms with Gasteiger partial charge in [-0.2, -0.15) is 0 Å². The van der Waals surface area contributed by atoms with Crippen LogP contribution in [-0.4, -0.2) is 0 Å². The number of anilines is 3. The number of rotatable bonds is 5. The molecule has 8 aromatic carbocycles. The number of furan rings is 1. The molecule has 1 aromatic heterocycles. The van der Waals surface area contributed by atoms with Crippen molar-refractivity contribution in [1.29, 1.82) is 0 Å². The molecule has 0 aliphatic carbocycles. The molecule has 0 aliphatic rings. The quantitative estimate of drug-likeness (QED) is 0.199. The minimum absolute atomic E-state index is 0.916. The molecule has 2 heteroatoms. The molecule has 216 valence electrons. The van der Waals surface area contributed by atoms with Crippen molar-refractivity contribution in [1.82, 2.24) is 0 Å². The average molecular weight is 588 g/mol. The van der Waals surface area contributed by atoms with Crippen LogP contribution in [0.15, 0.2) is 180 Å². The number of hydrogen-bond acceptors (Lipinski definition) is 2. The van der Waals surface area contributed by atoms with E-state index in [2.05, 4.69) is 169 Å². The Kier molecular flexibility index (Phi) is 6.17. The monoisotopic (exact) mass is 587 g/mol. The summed E-state index contributed by atoms with van der Waals surface area (Å²) < 4.78 is 6.19. The van der Waals surface area contributed by atoms with Gasteiger partial charge < -0.3 is 9.32 Å². The summed E-state index contributed by atoms with van der Waals surface area (Å²) in [5.41, 5.74) is 9.99. The lowest BCUT2D eigenvalue weighted by Gasteiger charge is -2.26. The third-order valence-corrected chi connectivity index (χ3v) is 9.04. The van der Waals surface area contributed by atoms with E-state index in [1.165, 1.54) is 38.4 Å². The van der Waals surface area contributed by atoms with E-state index in [1.54, 1.807) is 0 Å². The number of benzene rings is 8. The van der Waals surface area contributed by atoms with Crippen LogP contribution >= 0.6 is 0 Å². The second-order valence-electron chi connectivity index (χ2n) is 11.8. The van der Waals surface area contributed by atoms with Gasteiger partial charge in [0.05, 0.1) is 0 Å². The van der Waals surface area contributed by atoms with Crippen molar-refractivity contribution in [2.45, 2.75) is 0 Å². The van der Waals surface area contributed by atoms with Crippen LogP contribution in [0.3, 0.4) is 0 Å². The van der Waals surface area contributed by atoms with E-state index in [0.29, 0.717) is 0 Å². The van der Waals surface area contributed by atoms with E-state index >= 15 is 0 Å². The third kappa shape index (κ3) is 4.51. The van der Waals surface area contributed by atoms with E-state index in [-0.39, 0.29) is 0 Å². The van der Waals surface area contributed by atoms with Crippen molar-refractivity contribution in [3.63, 3.8) is 0 Å². The molecule has 9 rings (SSSR count). The Bertz CT molecular complexity index is 2500. The highest BCUT2D eigenvalue weighted by molar-refractivity contribution is 6.10. The topological polar surface area (TPSA) is 16.4 Å². The molecule has 9 aromatic rings. The van der Waals surface area contributed by atoms with Crippen LogP contribution in [-0.2, 0) is 0 Å².